The number of aliphatic hydroxyl groups excluding tert-OH is 1. The maximum absolute atomic E-state index is 11.8. The third-order valence-electron chi connectivity index (χ3n) is 6.33. The Morgan fingerprint density at radius 2 is 1.73 bits per heavy atom. The molecular formula is C24H28N2O4. The summed E-state index contributed by atoms with van der Waals surface area (Å²) >= 11 is 0. The van der Waals surface area contributed by atoms with E-state index in [-0.39, 0.29) is 23.9 Å². The lowest BCUT2D eigenvalue weighted by Gasteiger charge is -2.24. The zero-order valence-corrected chi connectivity index (χ0v) is 17.4. The molecule has 2 aromatic rings. The Bertz CT molecular complexity index is 982. The van der Waals surface area contributed by atoms with Crippen LogP contribution >= 0.6 is 0 Å². The number of carbonyl (C=O) groups excluding carboxylic acids is 2. The van der Waals surface area contributed by atoms with Crippen molar-refractivity contribution in [2.45, 2.75) is 58.1 Å². The number of carbonyl (C=O) groups is 2. The quantitative estimate of drug-likeness (QED) is 0.435. The predicted octanol–water partition coefficient (Wildman–Crippen LogP) is 2.37. The summed E-state index contributed by atoms with van der Waals surface area (Å²) in [5.74, 6) is -1.40. The first-order chi connectivity index (χ1) is 14.4. The summed E-state index contributed by atoms with van der Waals surface area (Å²) in [4.78, 5) is 23.5. The average molecular weight is 408 g/mol. The molecule has 1 aliphatic heterocycles. The Hall–Kier alpha value is -2.70. The van der Waals surface area contributed by atoms with E-state index in [9.17, 15) is 19.8 Å². The minimum atomic E-state index is -0.844. The van der Waals surface area contributed by atoms with Crippen molar-refractivity contribution >= 4 is 17.4 Å². The second-order valence-corrected chi connectivity index (χ2v) is 8.21. The van der Waals surface area contributed by atoms with Gasteiger partial charge < -0.3 is 20.8 Å². The van der Waals surface area contributed by atoms with Crippen LogP contribution in [0.1, 0.15) is 53.3 Å². The van der Waals surface area contributed by atoms with Crippen LogP contribution in [0.25, 0.3) is 0 Å². The number of hydrogen-bond donors (Lipinski definition) is 4. The number of hydrogen-bond acceptors (Lipinski definition) is 5. The molecule has 6 heteroatoms. The van der Waals surface area contributed by atoms with Crippen molar-refractivity contribution in [3.8, 4) is 5.75 Å². The van der Waals surface area contributed by atoms with Gasteiger partial charge in [-0.25, -0.2) is 0 Å². The molecule has 0 unspecified atom stereocenters. The van der Waals surface area contributed by atoms with E-state index in [1.807, 2.05) is 0 Å². The van der Waals surface area contributed by atoms with Gasteiger partial charge in [0.05, 0.1) is 11.8 Å². The van der Waals surface area contributed by atoms with E-state index in [0.29, 0.717) is 17.7 Å². The zero-order valence-electron chi connectivity index (χ0n) is 17.4. The molecule has 0 spiro atoms. The largest absolute Gasteiger partial charge is 0.506 e. The second-order valence-electron chi connectivity index (χ2n) is 8.21. The van der Waals surface area contributed by atoms with Crippen molar-refractivity contribution in [2.75, 3.05) is 11.9 Å². The van der Waals surface area contributed by atoms with Crippen LogP contribution in [0.4, 0.5) is 5.69 Å². The molecule has 1 heterocycles. The Morgan fingerprint density at radius 1 is 1.10 bits per heavy atom. The first kappa shape index (κ1) is 20.6. The number of benzene rings is 2. The highest BCUT2D eigenvalue weighted by molar-refractivity contribution is 6.42. The van der Waals surface area contributed by atoms with E-state index in [4.69, 9.17) is 0 Å². The number of aryl methyl sites for hydroxylation is 2. The molecule has 0 radical (unpaired) electrons. The van der Waals surface area contributed by atoms with Crippen LogP contribution in [-0.4, -0.2) is 34.5 Å². The number of anilines is 1. The Morgan fingerprint density at radius 3 is 2.33 bits per heavy atom. The van der Waals surface area contributed by atoms with E-state index in [2.05, 4.69) is 36.6 Å². The number of aliphatic hydroxyl groups is 1. The smallest absolute Gasteiger partial charge is 0.292 e. The fourth-order valence-corrected chi connectivity index (χ4v) is 4.68. The van der Waals surface area contributed by atoms with Gasteiger partial charge in [0.1, 0.15) is 5.75 Å². The lowest BCUT2D eigenvalue weighted by atomic mass is 9.92. The van der Waals surface area contributed by atoms with Crippen LogP contribution in [0.5, 0.6) is 5.75 Å². The molecule has 2 aliphatic rings. The van der Waals surface area contributed by atoms with Crippen molar-refractivity contribution < 1.29 is 19.8 Å². The third kappa shape index (κ3) is 3.73. The van der Waals surface area contributed by atoms with Gasteiger partial charge in [-0.1, -0.05) is 32.0 Å². The van der Waals surface area contributed by atoms with Gasteiger partial charge in [-0.05, 0) is 65.1 Å². The lowest BCUT2D eigenvalue weighted by molar-refractivity contribution is -0.134. The molecule has 0 bridgehead atoms. The van der Waals surface area contributed by atoms with Gasteiger partial charge >= 0.3 is 0 Å². The molecular weight excluding hydrogens is 380 g/mol. The normalized spacial score (nSPS) is 16.9. The summed E-state index contributed by atoms with van der Waals surface area (Å²) in [6.45, 7) is 4.71. The summed E-state index contributed by atoms with van der Waals surface area (Å²) in [5, 5.41) is 26.7. The molecule has 2 aromatic carbocycles. The molecule has 0 saturated carbocycles. The maximum Gasteiger partial charge on any atom is 0.292 e. The molecule has 1 amide bonds. The number of phenolic OH excluding ortho intramolecular Hbond substituents is 1. The minimum Gasteiger partial charge on any atom is -0.506 e. The van der Waals surface area contributed by atoms with Crippen molar-refractivity contribution in [3.05, 3.63) is 57.6 Å². The summed E-state index contributed by atoms with van der Waals surface area (Å²) in [7, 11) is 0. The van der Waals surface area contributed by atoms with Crippen molar-refractivity contribution in [1.82, 2.24) is 5.32 Å². The monoisotopic (exact) mass is 408 g/mol. The fraction of sp³-hybridized carbons (Fsp3) is 0.417. The number of rotatable bonds is 6. The van der Waals surface area contributed by atoms with Gasteiger partial charge in [-0.2, -0.15) is 0 Å². The van der Waals surface area contributed by atoms with Crippen LogP contribution in [0, 0.1) is 0 Å². The molecule has 0 aromatic heterocycles. The van der Waals surface area contributed by atoms with E-state index in [0.717, 1.165) is 25.7 Å². The molecule has 6 nitrogen and oxygen atoms in total. The number of ketones is 1. The highest BCUT2D eigenvalue weighted by Crippen LogP contribution is 2.36. The first-order valence-electron chi connectivity index (χ1n) is 10.6. The van der Waals surface area contributed by atoms with Gasteiger partial charge in [0.15, 0.2) is 0 Å². The van der Waals surface area contributed by atoms with Gasteiger partial charge in [0.2, 0.25) is 5.78 Å². The van der Waals surface area contributed by atoms with Crippen LogP contribution < -0.4 is 10.6 Å². The van der Waals surface area contributed by atoms with Crippen LogP contribution in [0.3, 0.4) is 0 Å². The summed E-state index contributed by atoms with van der Waals surface area (Å²) in [5.41, 5.74) is 6.87. The number of aromatic hydroxyl groups is 1. The van der Waals surface area contributed by atoms with E-state index in [1.165, 1.54) is 28.3 Å². The van der Waals surface area contributed by atoms with Crippen molar-refractivity contribution in [3.63, 3.8) is 0 Å². The lowest BCUT2D eigenvalue weighted by Crippen LogP contribution is -2.35. The molecule has 30 heavy (non-hydrogen) atoms. The second kappa shape index (κ2) is 8.20. The molecule has 0 fully saturated rings. The average Bonchev–Trinajstić information content (AvgIpc) is 3.14. The molecule has 4 N–H and O–H groups in total. The number of amides is 1. The summed E-state index contributed by atoms with van der Waals surface area (Å²) < 4.78 is 0. The maximum atomic E-state index is 11.8. The Kier molecular flexibility index (Phi) is 5.62. The van der Waals surface area contributed by atoms with E-state index < -0.39 is 17.8 Å². The predicted molar refractivity (Wildman–Crippen MR) is 115 cm³/mol. The van der Waals surface area contributed by atoms with Gasteiger partial charge in [-0.15, -0.1) is 0 Å². The molecule has 4 rings (SSSR count). The number of phenols is 1. The highest BCUT2D eigenvalue weighted by Gasteiger charge is 2.30. The van der Waals surface area contributed by atoms with E-state index >= 15 is 0 Å². The van der Waals surface area contributed by atoms with Gasteiger partial charge in [0.25, 0.3) is 5.91 Å². The Labute approximate surface area is 176 Å². The van der Waals surface area contributed by atoms with Gasteiger partial charge in [-0.3, -0.25) is 9.59 Å². The minimum absolute atomic E-state index is 0.0977. The molecule has 1 atom stereocenters. The van der Waals surface area contributed by atoms with E-state index in [1.54, 1.807) is 6.07 Å². The molecule has 158 valence electrons. The Balaban J connectivity index is 1.46. The number of Topliss-reactive ketones (excluding diaryl/α,β-unsaturated/α-hetero) is 1. The molecule has 0 saturated heterocycles. The number of nitrogens with one attached hydrogen (secondary N) is 2. The van der Waals surface area contributed by atoms with Gasteiger partial charge in [0, 0.05) is 19.0 Å². The zero-order chi connectivity index (χ0) is 21.4. The van der Waals surface area contributed by atoms with Crippen molar-refractivity contribution in [1.29, 1.82) is 0 Å². The van der Waals surface area contributed by atoms with Crippen molar-refractivity contribution in [2.24, 2.45) is 0 Å². The first-order valence-corrected chi connectivity index (χ1v) is 10.6. The third-order valence-corrected chi connectivity index (χ3v) is 6.33. The highest BCUT2D eigenvalue weighted by atomic mass is 16.3. The van der Waals surface area contributed by atoms with Crippen LogP contribution in [0.2, 0.25) is 0 Å². The standard InChI is InChI=1S/C24H28N2O4/c1-3-13-7-15-9-17(10-16(15)8-14(13)4-2)25-12-22(29)18-5-6-20(27)23-19(18)11-21(28)24(30)26-23/h5-8,17,22,25,27,29H,3-4,9-12H2,1-2H3,(H,26,30)/t22-/m0/s1. The van der Waals surface area contributed by atoms with Crippen LogP contribution in [0.15, 0.2) is 24.3 Å². The summed E-state index contributed by atoms with van der Waals surface area (Å²) in [6.07, 6.45) is 2.98. The molecule has 1 aliphatic carbocycles. The topological polar surface area (TPSA) is 98.7 Å². The summed E-state index contributed by atoms with van der Waals surface area (Å²) in [6, 6.07) is 7.97. The SMILES string of the molecule is CCc1cc2c(cc1CC)CC(NC[C@H](O)c1ccc(O)c3c1CC(=O)C(=O)N3)C2. The number of fused-ring (bicyclic) bond motifs is 2. The fourth-order valence-electron chi connectivity index (χ4n) is 4.68. The van der Waals surface area contributed by atoms with Crippen LogP contribution in [-0.2, 0) is 41.7 Å².